The Morgan fingerprint density at radius 3 is 2.54 bits per heavy atom. The third-order valence-electron chi connectivity index (χ3n) is 3.18. The first-order chi connectivity index (χ1) is 12.3. The van der Waals surface area contributed by atoms with Gasteiger partial charge in [0.2, 0.25) is 5.91 Å². The lowest BCUT2D eigenvalue weighted by Gasteiger charge is -2.13. The normalized spacial score (nSPS) is 11.3. The summed E-state index contributed by atoms with van der Waals surface area (Å²) in [6, 6.07) is 6.66. The van der Waals surface area contributed by atoms with Gasteiger partial charge in [-0.2, -0.15) is 17.6 Å². The minimum Gasteiger partial charge on any atom is -0.467 e. The van der Waals surface area contributed by atoms with E-state index in [0.29, 0.717) is 5.76 Å². The molecule has 0 spiro atoms. The zero-order valence-electron chi connectivity index (χ0n) is 13.6. The fraction of sp³-hybridized carbons (Fsp3) is 0.235. The van der Waals surface area contributed by atoms with Crippen molar-refractivity contribution in [3.05, 3.63) is 54.0 Å². The van der Waals surface area contributed by atoms with Crippen molar-refractivity contribution in [1.29, 1.82) is 0 Å². The van der Waals surface area contributed by atoms with Crippen LogP contribution in [0.2, 0.25) is 0 Å². The second-order valence-corrected chi connectivity index (χ2v) is 5.06. The number of furan rings is 1. The third kappa shape index (κ3) is 5.83. The van der Waals surface area contributed by atoms with Crippen LogP contribution in [0, 0.1) is 0 Å². The molecule has 140 valence electrons. The van der Waals surface area contributed by atoms with Gasteiger partial charge in [-0.05, 0) is 30.3 Å². The molecular formula is C17H15F4NO4. The number of carbonyl (C=O) groups excluding carboxylic acids is 1. The quantitative estimate of drug-likeness (QED) is 0.515. The lowest BCUT2D eigenvalue weighted by atomic mass is 10.1. The molecule has 2 aromatic rings. The Balaban J connectivity index is 2.12. The van der Waals surface area contributed by atoms with Crippen LogP contribution in [-0.4, -0.2) is 31.1 Å². The van der Waals surface area contributed by atoms with Crippen LogP contribution in [0.25, 0.3) is 6.08 Å². The minimum absolute atomic E-state index is 0.103. The van der Waals surface area contributed by atoms with Crippen molar-refractivity contribution in [3.63, 3.8) is 0 Å². The van der Waals surface area contributed by atoms with Gasteiger partial charge in [0, 0.05) is 24.8 Å². The van der Waals surface area contributed by atoms with Crippen LogP contribution in [0.5, 0.6) is 11.5 Å². The van der Waals surface area contributed by atoms with E-state index in [9.17, 15) is 22.4 Å². The number of nitrogens with zero attached hydrogens (tertiary/aromatic N) is 1. The van der Waals surface area contributed by atoms with Gasteiger partial charge in [-0.1, -0.05) is 0 Å². The van der Waals surface area contributed by atoms with Crippen LogP contribution in [0.4, 0.5) is 17.6 Å². The fourth-order valence-corrected chi connectivity index (χ4v) is 2.03. The molecule has 1 aromatic carbocycles. The molecular weight excluding hydrogens is 358 g/mol. The van der Waals surface area contributed by atoms with Crippen LogP contribution >= 0.6 is 0 Å². The molecule has 0 radical (unpaired) electrons. The summed E-state index contributed by atoms with van der Waals surface area (Å²) in [5.41, 5.74) is 0.103. The molecule has 0 saturated carbocycles. The summed E-state index contributed by atoms with van der Waals surface area (Å²) in [6.07, 6.45) is 3.86. The topological polar surface area (TPSA) is 51.9 Å². The van der Waals surface area contributed by atoms with E-state index in [0.717, 1.165) is 18.2 Å². The summed E-state index contributed by atoms with van der Waals surface area (Å²) in [5.74, 6) is -0.577. The standard InChI is InChI=1S/C17H15F4NO4/c1-22(10-13-3-2-8-24-13)15(23)7-5-11-4-6-12(25-16(18)19)9-14(11)26-17(20)21/h2-9,16-17H,10H2,1H3/b7-5+. The van der Waals surface area contributed by atoms with Crippen LogP contribution in [0.3, 0.4) is 0 Å². The average Bonchev–Trinajstić information content (AvgIpc) is 3.05. The molecule has 1 amide bonds. The monoisotopic (exact) mass is 373 g/mol. The summed E-state index contributed by atoms with van der Waals surface area (Å²) < 4.78 is 63.1. The first kappa shape index (κ1) is 19.4. The highest BCUT2D eigenvalue weighted by molar-refractivity contribution is 5.92. The van der Waals surface area contributed by atoms with E-state index in [4.69, 9.17) is 4.42 Å². The SMILES string of the molecule is CN(Cc1ccco1)C(=O)/C=C/c1ccc(OC(F)F)cc1OC(F)F. The van der Waals surface area contributed by atoms with Crippen molar-refractivity contribution >= 4 is 12.0 Å². The van der Waals surface area contributed by atoms with E-state index in [1.165, 1.54) is 30.4 Å². The number of carbonyl (C=O) groups is 1. The summed E-state index contributed by atoms with van der Waals surface area (Å²) >= 11 is 0. The Kier molecular flexibility index (Phi) is 6.65. The predicted molar refractivity (Wildman–Crippen MR) is 83.9 cm³/mol. The summed E-state index contributed by atoms with van der Waals surface area (Å²) in [5, 5.41) is 0. The Morgan fingerprint density at radius 2 is 1.92 bits per heavy atom. The number of hydrogen-bond donors (Lipinski definition) is 0. The Bertz CT molecular complexity index is 747. The van der Waals surface area contributed by atoms with Gasteiger partial charge in [0.25, 0.3) is 0 Å². The molecule has 0 atom stereocenters. The van der Waals surface area contributed by atoms with Gasteiger partial charge >= 0.3 is 13.2 Å². The maximum atomic E-state index is 12.5. The number of likely N-dealkylation sites (N-methyl/N-ethyl adjacent to an activating group) is 1. The van der Waals surface area contributed by atoms with Gasteiger partial charge < -0.3 is 18.8 Å². The summed E-state index contributed by atoms with van der Waals surface area (Å²) in [6.45, 7) is -6.05. The van der Waals surface area contributed by atoms with Crippen molar-refractivity contribution in [2.45, 2.75) is 19.8 Å². The van der Waals surface area contributed by atoms with E-state index < -0.39 is 24.9 Å². The first-order valence-electron chi connectivity index (χ1n) is 7.34. The molecule has 5 nitrogen and oxygen atoms in total. The Hall–Kier alpha value is -2.97. The van der Waals surface area contributed by atoms with E-state index in [1.54, 1.807) is 12.1 Å². The number of halogens is 4. The van der Waals surface area contributed by atoms with E-state index in [1.807, 2.05) is 0 Å². The van der Waals surface area contributed by atoms with E-state index >= 15 is 0 Å². The number of hydrogen-bond acceptors (Lipinski definition) is 4. The summed E-state index contributed by atoms with van der Waals surface area (Å²) in [7, 11) is 1.53. The van der Waals surface area contributed by atoms with Crippen molar-refractivity contribution < 1.29 is 36.2 Å². The predicted octanol–water partition coefficient (Wildman–Crippen LogP) is 4.15. The lowest BCUT2D eigenvalue weighted by Crippen LogP contribution is -2.23. The van der Waals surface area contributed by atoms with E-state index in [2.05, 4.69) is 9.47 Å². The van der Waals surface area contributed by atoms with Crippen molar-refractivity contribution in [1.82, 2.24) is 4.90 Å². The zero-order chi connectivity index (χ0) is 19.1. The smallest absolute Gasteiger partial charge is 0.387 e. The van der Waals surface area contributed by atoms with Crippen molar-refractivity contribution in [3.8, 4) is 11.5 Å². The molecule has 0 fully saturated rings. The van der Waals surface area contributed by atoms with Gasteiger partial charge in [0.15, 0.2) is 0 Å². The molecule has 0 aliphatic rings. The van der Waals surface area contributed by atoms with E-state index in [-0.39, 0.29) is 17.9 Å². The maximum absolute atomic E-state index is 12.5. The molecule has 2 rings (SSSR count). The van der Waals surface area contributed by atoms with Crippen LogP contribution < -0.4 is 9.47 Å². The molecule has 0 saturated heterocycles. The second kappa shape index (κ2) is 8.93. The van der Waals surface area contributed by atoms with Crippen LogP contribution in [0.15, 0.2) is 47.1 Å². The van der Waals surface area contributed by atoms with Crippen molar-refractivity contribution in [2.75, 3.05) is 7.05 Å². The molecule has 0 bridgehead atoms. The highest BCUT2D eigenvalue weighted by Gasteiger charge is 2.13. The maximum Gasteiger partial charge on any atom is 0.387 e. The molecule has 26 heavy (non-hydrogen) atoms. The number of alkyl halides is 4. The summed E-state index contributed by atoms with van der Waals surface area (Å²) in [4.78, 5) is 13.4. The lowest BCUT2D eigenvalue weighted by molar-refractivity contribution is -0.125. The first-order valence-corrected chi connectivity index (χ1v) is 7.34. The second-order valence-electron chi connectivity index (χ2n) is 5.06. The van der Waals surface area contributed by atoms with Gasteiger partial charge in [0.05, 0.1) is 12.8 Å². The zero-order valence-corrected chi connectivity index (χ0v) is 13.6. The number of ether oxygens (including phenoxy) is 2. The average molecular weight is 373 g/mol. The largest absolute Gasteiger partial charge is 0.467 e. The van der Waals surface area contributed by atoms with Gasteiger partial charge in [0.1, 0.15) is 17.3 Å². The third-order valence-corrected chi connectivity index (χ3v) is 3.18. The highest BCUT2D eigenvalue weighted by atomic mass is 19.3. The molecule has 0 aliphatic heterocycles. The Morgan fingerprint density at radius 1 is 1.19 bits per heavy atom. The number of rotatable bonds is 8. The minimum atomic E-state index is -3.17. The molecule has 0 unspecified atom stereocenters. The van der Waals surface area contributed by atoms with Gasteiger partial charge in [-0.25, -0.2) is 0 Å². The molecule has 1 aromatic heterocycles. The Labute approximate surface area is 146 Å². The van der Waals surface area contributed by atoms with Crippen molar-refractivity contribution in [2.24, 2.45) is 0 Å². The molecule has 1 heterocycles. The van der Waals surface area contributed by atoms with Gasteiger partial charge in [-0.3, -0.25) is 4.79 Å². The van der Waals surface area contributed by atoms with Crippen LogP contribution in [0.1, 0.15) is 11.3 Å². The number of benzene rings is 1. The number of amides is 1. The highest BCUT2D eigenvalue weighted by Crippen LogP contribution is 2.28. The van der Waals surface area contributed by atoms with Gasteiger partial charge in [-0.15, -0.1) is 0 Å². The molecule has 0 N–H and O–H groups in total. The fourth-order valence-electron chi connectivity index (χ4n) is 2.03. The molecule has 0 aliphatic carbocycles. The van der Waals surface area contributed by atoms with Crippen LogP contribution in [-0.2, 0) is 11.3 Å². The molecule has 9 heteroatoms.